The molecule has 0 aromatic heterocycles. The molecule has 0 aliphatic rings. The van der Waals surface area contributed by atoms with Gasteiger partial charge in [-0.15, -0.1) is 0 Å². The second-order valence-corrected chi connectivity index (χ2v) is 10.2. The zero-order valence-electron chi connectivity index (χ0n) is 17.9. The van der Waals surface area contributed by atoms with E-state index in [1.165, 1.54) is 11.4 Å². The van der Waals surface area contributed by atoms with Crippen LogP contribution in [0.15, 0.2) is 9.98 Å². The molecule has 0 aromatic carbocycles. The third kappa shape index (κ3) is 14.3. The summed E-state index contributed by atoms with van der Waals surface area (Å²) in [6.07, 6.45) is 0. The smallest absolute Gasteiger partial charge is 0.0523 e. The highest BCUT2D eigenvalue weighted by Gasteiger charge is 2.18. The molecule has 0 aliphatic carbocycles. The van der Waals surface area contributed by atoms with Gasteiger partial charge in [0.15, 0.2) is 0 Å². The SMILES string of the molecule is CC(=NC(C)(C)C)C(C)(C)C.CC(=NC(C)(C)C)C(C)(C)C. The molecular formula is C20H42N2. The third-order valence-corrected chi connectivity index (χ3v) is 3.18. The zero-order chi connectivity index (χ0) is 18.6. The van der Waals surface area contributed by atoms with E-state index < -0.39 is 0 Å². The molecule has 0 unspecified atom stereocenters. The molecule has 0 saturated heterocycles. The highest BCUT2D eigenvalue weighted by Crippen LogP contribution is 2.20. The van der Waals surface area contributed by atoms with Gasteiger partial charge in [0.25, 0.3) is 0 Å². The fourth-order valence-corrected chi connectivity index (χ4v) is 1.34. The fourth-order valence-electron chi connectivity index (χ4n) is 1.34. The van der Waals surface area contributed by atoms with E-state index in [-0.39, 0.29) is 21.9 Å². The molecule has 0 fully saturated rings. The molecule has 0 bridgehead atoms. The van der Waals surface area contributed by atoms with Crippen molar-refractivity contribution in [2.75, 3.05) is 0 Å². The van der Waals surface area contributed by atoms with Crippen LogP contribution in [-0.2, 0) is 0 Å². The van der Waals surface area contributed by atoms with Crippen LogP contribution in [0.5, 0.6) is 0 Å². The van der Waals surface area contributed by atoms with Gasteiger partial charge in [0.1, 0.15) is 0 Å². The van der Waals surface area contributed by atoms with Gasteiger partial charge < -0.3 is 0 Å². The third-order valence-electron chi connectivity index (χ3n) is 3.18. The molecule has 0 aromatic rings. The van der Waals surface area contributed by atoms with Gasteiger partial charge in [-0.1, -0.05) is 41.5 Å². The predicted octanol–water partition coefficient (Wildman–Crippen LogP) is 6.58. The van der Waals surface area contributed by atoms with Gasteiger partial charge in [0.2, 0.25) is 0 Å². The molecule has 132 valence electrons. The molecule has 22 heavy (non-hydrogen) atoms. The maximum absolute atomic E-state index is 4.60. The first-order chi connectivity index (χ1) is 9.26. The molecule has 0 radical (unpaired) electrons. The number of rotatable bonds is 0. The van der Waals surface area contributed by atoms with Gasteiger partial charge >= 0.3 is 0 Å². The Morgan fingerprint density at radius 1 is 0.455 bits per heavy atom. The molecule has 0 aliphatic heterocycles. The van der Waals surface area contributed by atoms with Crippen LogP contribution in [0.2, 0.25) is 0 Å². The van der Waals surface area contributed by atoms with Crippen molar-refractivity contribution in [3.05, 3.63) is 0 Å². The summed E-state index contributed by atoms with van der Waals surface area (Å²) in [5, 5.41) is 0. The standard InChI is InChI=1S/2C10H21N/c2*1-8(9(2,3)4)11-10(5,6)7/h2*1-7H3. The lowest BCUT2D eigenvalue weighted by atomic mass is 9.90. The van der Waals surface area contributed by atoms with Crippen LogP contribution < -0.4 is 0 Å². The maximum atomic E-state index is 4.60. The van der Waals surface area contributed by atoms with Crippen LogP contribution in [0, 0.1) is 10.8 Å². The number of aliphatic imine (C=N–C) groups is 2. The first kappa shape index (κ1) is 23.6. The van der Waals surface area contributed by atoms with Crippen molar-refractivity contribution < 1.29 is 0 Å². The predicted molar refractivity (Wildman–Crippen MR) is 105 cm³/mol. The van der Waals surface area contributed by atoms with Crippen molar-refractivity contribution in [2.24, 2.45) is 20.8 Å². The van der Waals surface area contributed by atoms with E-state index in [0.29, 0.717) is 0 Å². The minimum Gasteiger partial charge on any atom is -0.288 e. The molecule has 0 N–H and O–H groups in total. The normalized spacial score (nSPS) is 15.4. The minimum absolute atomic E-state index is 0.0668. The van der Waals surface area contributed by atoms with E-state index in [0.717, 1.165) is 0 Å². The molecule has 2 heteroatoms. The maximum Gasteiger partial charge on any atom is 0.0523 e. The van der Waals surface area contributed by atoms with Crippen LogP contribution in [0.4, 0.5) is 0 Å². The first-order valence-corrected chi connectivity index (χ1v) is 8.39. The van der Waals surface area contributed by atoms with Gasteiger partial charge in [-0.05, 0) is 66.2 Å². The second-order valence-electron chi connectivity index (χ2n) is 10.2. The van der Waals surface area contributed by atoms with Crippen LogP contribution >= 0.6 is 0 Å². The topological polar surface area (TPSA) is 24.7 Å². The summed E-state index contributed by atoms with van der Waals surface area (Å²) >= 11 is 0. The highest BCUT2D eigenvalue weighted by molar-refractivity contribution is 5.87. The number of hydrogen-bond acceptors (Lipinski definition) is 2. The Morgan fingerprint density at radius 3 is 0.682 bits per heavy atom. The molecule has 2 nitrogen and oxygen atoms in total. The van der Waals surface area contributed by atoms with Crippen molar-refractivity contribution >= 4 is 11.4 Å². The molecule has 0 saturated carbocycles. The van der Waals surface area contributed by atoms with Gasteiger partial charge in [-0.2, -0.15) is 0 Å². The van der Waals surface area contributed by atoms with Crippen LogP contribution in [0.3, 0.4) is 0 Å². The monoisotopic (exact) mass is 310 g/mol. The summed E-state index contributed by atoms with van der Waals surface area (Å²) < 4.78 is 0. The number of nitrogens with zero attached hydrogens (tertiary/aromatic N) is 2. The molecular weight excluding hydrogens is 268 g/mol. The average Bonchev–Trinajstić information content (AvgIpc) is 2.09. The van der Waals surface area contributed by atoms with Gasteiger partial charge in [0.05, 0.1) is 11.1 Å². The Hall–Kier alpha value is -0.660. The van der Waals surface area contributed by atoms with Crippen molar-refractivity contribution in [3.63, 3.8) is 0 Å². The zero-order valence-corrected chi connectivity index (χ0v) is 17.9. The van der Waals surface area contributed by atoms with E-state index in [1.807, 2.05) is 0 Å². The molecule has 0 amide bonds. The summed E-state index contributed by atoms with van der Waals surface area (Å²) in [5.74, 6) is 0. The lowest BCUT2D eigenvalue weighted by Crippen LogP contribution is -2.22. The number of hydrogen-bond donors (Lipinski definition) is 0. The molecule has 0 spiro atoms. The van der Waals surface area contributed by atoms with Gasteiger partial charge in [0, 0.05) is 11.4 Å². The van der Waals surface area contributed by atoms with Crippen LogP contribution in [0.25, 0.3) is 0 Å². The van der Waals surface area contributed by atoms with E-state index in [9.17, 15) is 0 Å². The Labute approximate surface area is 140 Å². The van der Waals surface area contributed by atoms with Crippen LogP contribution in [-0.4, -0.2) is 22.5 Å². The molecule has 0 heterocycles. The van der Waals surface area contributed by atoms with E-state index in [2.05, 4.69) is 107 Å². The van der Waals surface area contributed by atoms with Crippen molar-refractivity contribution in [3.8, 4) is 0 Å². The second kappa shape index (κ2) is 7.75. The van der Waals surface area contributed by atoms with Gasteiger partial charge in [-0.3, -0.25) is 9.98 Å². The average molecular weight is 311 g/mol. The highest BCUT2D eigenvalue weighted by atomic mass is 14.8. The van der Waals surface area contributed by atoms with Crippen molar-refractivity contribution in [2.45, 2.75) is 108 Å². The molecule has 0 atom stereocenters. The Balaban J connectivity index is 0. The Bertz CT molecular complexity index is 345. The van der Waals surface area contributed by atoms with E-state index in [1.54, 1.807) is 0 Å². The lowest BCUT2D eigenvalue weighted by Gasteiger charge is -2.22. The first-order valence-electron chi connectivity index (χ1n) is 8.39. The van der Waals surface area contributed by atoms with E-state index in [4.69, 9.17) is 0 Å². The Morgan fingerprint density at radius 2 is 0.636 bits per heavy atom. The lowest BCUT2D eigenvalue weighted by molar-refractivity contribution is 0.538. The van der Waals surface area contributed by atoms with Crippen molar-refractivity contribution in [1.82, 2.24) is 0 Å². The van der Waals surface area contributed by atoms with E-state index >= 15 is 0 Å². The largest absolute Gasteiger partial charge is 0.288 e. The fraction of sp³-hybridized carbons (Fsp3) is 0.900. The quantitative estimate of drug-likeness (QED) is 0.451. The summed E-state index contributed by atoms with van der Waals surface area (Å²) in [5.41, 5.74) is 3.02. The summed E-state index contributed by atoms with van der Waals surface area (Å²) in [7, 11) is 0. The molecule has 0 rings (SSSR count). The summed E-state index contributed by atoms with van der Waals surface area (Å²) in [6.45, 7) is 30.1. The van der Waals surface area contributed by atoms with Crippen LogP contribution in [0.1, 0.15) is 96.9 Å². The summed E-state index contributed by atoms with van der Waals surface area (Å²) in [4.78, 5) is 9.19. The van der Waals surface area contributed by atoms with Crippen molar-refractivity contribution in [1.29, 1.82) is 0 Å². The summed E-state index contributed by atoms with van der Waals surface area (Å²) in [6, 6.07) is 0. The van der Waals surface area contributed by atoms with Gasteiger partial charge in [-0.25, -0.2) is 0 Å². The minimum atomic E-state index is 0.0668. The Kier molecular flexibility index (Phi) is 8.31.